The molecule has 106 valence electrons. The van der Waals surface area contributed by atoms with E-state index >= 15 is 0 Å². The van der Waals surface area contributed by atoms with Crippen molar-refractivity contribution in [1.29, 1.82) is 0 Å². The van der Waals surface area contributed by atoms with Gasteiger partial charge in [0.1, 0.15) is 6.26 Å². The van der Waals surface area contributed by atoms with Gasteiger partial charge in [0, 0.05) is 24.7 Å². The highest BCUT2D eigenvalue weighted by Gasteiger charge is 2.32. The summed E-state index contributed by atoms with van der Waals surface area (Å²) in [5.74, 6) is 1.45. The van der Waals surface area contributed by atoms with E-state index in [9.17, 15) is 0 Å². The van der Waals surface area contributed by atoms with Crippen LogP contribution in [0.5, 0.6) is 0 Å². The third-order valence-electron chi connectivity index (χ3n) is 3.96. The van der Waals surface area contributed by atoms with Crippen LogP contribution in [0, 0.1) is 5.92 Å². The maximum atomic E-state index is 5.88. The van der Waals surface area contributed by atoms with Crippen LogP contribution in [0.4, 0.5) is 0 Å². The molecule has 1 atom stereocenters. The lowest BCUT2D eigenvalue weighted by molar-refractivity contribution is 0.213. The first kappa shape index (κ1) is 13.3. The van der Waals surface area contributed by atoms with E-state index in [4.69, 9.17) is 10.2 Å². The van der Waals surface area contributed by atoms with Gasteiger partial charge < -0.3 is 10.2 Å². The van der Waals surface area contributed by atoms with Crippen molar-refractivity contribution in [1.82, 2.24) is 9.88 Å². The average molecular weight is 271 g/mol. The Morgan fingerprint density at radius 3 is 2.75 bits per heavy atom. The third kappa shape index (κ3) is 2.92. The predicted molar refractivity (Wildman–Crippen MR) is 79.0 cm³/mol. The van der Waals surface area contributed by atoms with Crippen LogP contribution in [-0.4, -0.2) is 29.5 Å². The highest BCUT2D eigenvalue weighted by Crippen LogP contribution is 2.35. The molecule has 0 bridgehead atoms. The Balaban J connectivity index is 1.68. The number of likely N-dealkylation sites (N-methyl/N-ethyl adjacent to an activating group) is 1. The second-order valence-electron chi connectivity index (χ2n) is 5.57. The van der Waals surface area contributed by atoms with E-state index in [2.05, 4.69) is 16.9 Å². The van der Waals surface area contributed by atoms with Crippen LogP contribution in [0.25, 0.3) is 11.5 Å². The molecule has 3 rings (SSSR count). The largest absolute Gasteiger partial charge is 0.444 e. The Morgan fingerprint density at radius 2 is 2.10 bits per heavy atom. The molecule has 0 radical (unpaired) electrons. The summed E-state index contributed by atoms with van der Waals surface area (Å²) in [5.41, 5.74) is 7.86. The molecule has 1 fully saturated rings. The molecule has 1 aliphatic rings. The predicted octanol–water partition coefficient (Wildman–Crippen LogP) is 2.51. The fourth-order valence-corrected chi connectivity index (χ4v) is 2.68. The molecule has 1 aromatic heterocycles. The molecule has 1 aliphatic carbocycles. The molecular weight excluding hydrogens is 250 g/mol. The van der Waals surface area contributed by atoms with Crippen molar-refractivity contribution in [2.75, 3.05) is 13.6 Å². The Bertz CT molecular complexity index is 548. The van der Waals surface area contributed by atoms with Crippen LogP contribution < -0.4 is 5.73 Å². The van der Waals surface area contributed by atoms with Crippen LogP contribution in [0.2, 0.25) is 0 Å². The minimum Gasteiger partial charge on any atom is -0.444 e. The summed E-state index contributed by atoms with van der Waals surface area (Å²) in [6.07, 6.45) is 4.36. The number of benzene rings is 1. The number of nitrogens with zero attached hydrogens (tertiary/aromatic N) is 2. The molecule has 2 N–H and O–H groups in total. The first-order chi connectivity index (χ1) is 9.78. The highest BCUT2D eigenvalue weighted by atomic mass is 16.3. The van der Waals surface area contributed by atoms with Gasteiger partial charge in [0.15, 0.2) is 0 Å². The van der Waals surface area contributed by atoms with Crippen LogP contribution in [0.15, 0.2) is 41.0 Å². The van der Waals surface area contributed by atoms with Gasteiger partial charge in [-0.15, -0.1) is 0 Å². The fraction of sp³-hybridized carbons (Fsp3) is 0.438. The van der Waals surface area contributed by atoms with E-state index in [1.165, 1.54) is 12.8 Å². The van der Waals surface area contributed by atoms with Gasteiger partial charge in [-0.3, -0.25) is 4.90 Å². The zero-order valence-electron chi connectivity index (χ0n) is 11.8. The van der Waals surface area contributed by atoms with Gasteiger partial charge in [-0.05, 0) is 37.9 Å². The fourth-order valence-electron chi connectivity index (χ4n) is 2.68. The van der Waals surface area contributed by atoms with Crippen molar-refractivity contribution in [3.8, 4) is 11.5 Å². The second-order valence-corrected chi connectivity index (χ2v) is 5.57. The number of hydrogen-bond acceptors (Lipinski definition) is 4. The quantitative estimate of drug-likeness (QED) is 0.877. The van der Waals surface area contributed by atoms with Crippen LogP contribution >= 0.6 is 0 Å². The first-order valence-corrected chi connectivity index (χ1v) is 7.18. The summed E-state index contributed by atoms with van der Waals surface area (Å²) in [6, 6.07) is 10.4. The lowest BCUT2D eigenvalue weighted by Gasteiger charge is -2.25. The zero-order valence-corrected chi connectivity index (χ0v) is 11.8. The van der Waals surface area contributed by atoms with Crippen molar-refractivity contribution < 1.29 is 4.42 Å². The smallest absolute Gasteiger partial charge is 0.226 e. The summed E-state index contributed by atoms with van der Waals surface area (Å²) in [5, 5.41) is 0. The Kier molecular flexibility index (Phi) is 3.85. The normalized spacial score (nSPS) is 16.6. The van der Waals surface area contributed by atoms with Gasteiger partial charge in [-0.25, -0.2) is 4.98 Å². The molecule has 1 unspecified atom stereocenters. The molecule has 0 saturated heterocycles. The molecule has 0 amide bonds. The maximum absolute atomic E-state index is 5.88. The van der Waals surface area contributed by atoms with Crippen molar-refractivity contribution in [3.05, 3.63) is 42.3 Å². The van der Waals surface area contributed by atoms with E-state index < -0.39 is 0 Å². The number of nitrogens with two attached hydrogens (primary N) is 1. The molecule has 1 heterocycles. The average Bonchev–Trinajstić information content (AvgIpc) is 3.19. The third-order valence-corrected chi connectivity index (χ3v) is 3.96. The summed E-state index contributed by atoms with van der Waals surface area (Å²) in [4.78, 5) is 6.86. The van der Waals surface area contributed by atoms with Crippen LogP contribution in [-0.2, 0) is 6.54 Å². The minimum absolute atomic E-state index is 0.465. The molecule has 4 nitrogen and oxygen atoms in total. The molecule has 4 heteroatoms. The van der Waals surface area contributed by atoms with E-state index in [1.54, 1.807) is 6.26 Å². The van der Waals surface area contributed by atoms with Gasteiger partial charge in [0.2, 0.25) is 5.89 Å². The maximum Gasteiger partial charge on any atom is 0.226 e. The monoisotopic (exact) mass is 271 g/mol. The van der Waals surface area contributed by atoms with E-state index in [0.717, 1.165) is 23.7 Å². The molecule has 0 aliphatic heterocycles. The first-order valence-electron chi connectivity index (χ1n) is 7.18. The minimum atomic E-state index is 0.465. The Labute approximate surface area is 119 Å². The van der Waals surface area contributed by atoms with Gasteiger partial charge in [0.25, 0.3) is 0 Å². The second kappa shape index (κ2) is 5.77. The van der Waals surface area contributed by atoms with Gasteiger partial charge in [-0.1, -0.05) is 18.2 Å². The Hall–Kier alpha value is -1.65. The van der Waals surface area contributed by atoms with Crippen molar-refractivity contribution >= 4 is 0 Å². The summed E-state index contributed by atoms with van der Waals surface area (Å²) in [6.45, 7) is 1.50. The molecular formula is C16H21N3O. The van der Waals surface area contributed by atoms with Crippen molar-refractivity contribution in [2.45, 2.75) is 25.4 Å². The van der Waals surface area contributed by atoms with Crippen molar-refractivity contribution in [3.63, 3.8) is 0 Å². The lowest BCUT2D eigenvalue weighted by atomic mass is 10.1. The molecule has 2 aromatic rings. The Morgan fingerprint density at radius 1 is 1.35 bits per heavy atom. The van der Waals surface area contributed by atoms with E-state index in [0.29, 0.717) is 18.5 Å². The van der Waals surface area contributed by atoms with Crippen molar-refractivity contribution in [2.24, 2.45) is 11.7 Å². The summed E-state index contributed by atoms with van der Waals surface area (Å²) < 4.78 is 5.57. The molecule has 0 spiro atoms. The number of oxazole rings is 1. The summed E-state index contributed by atoms with van der Waals surface area (Å²) >= 11 is 0. The van der Waals surface area contributed by atoms with Gasteiger partial charge in [0.05, 0.1) is 5.69 Å². The zero-order chi connectivity index (χ0) is 13.9. The molecule has 1 saturated carbocycles. The van der Waals surface area contributed by atoms with Gasteiger partial charge >= 0.3 is 0 Å². The highest BCUT2D eigenvalue weighted by molar-refractivity contribution is 5.52. The van der Waals surface area contributed by atoms with Gasteiger partial charge in [-0.2, -0.15) is 0 Å². The van der Waals surface area contributed by atoms with Crippen LogP contribution in [0.3, 0.4) is 0 Å². The summed E-state index contributed by atoms with van der Waals surface area (Å²) in [7, 11) is 2.12. The standard InChI is InChI=1S/C16H21N3O/c1-19(15(9-17)12-7-8-12)10-14-11-20-16(18-14)13-5-3-2-4-6-13/h2-6,11-12,15H,7-10,17H2,1H3. The molecule has 1 aromatic carbocycles. The lowest BCUT2D eigenvalue weighted by Crippen LogP contribution is -2.39. The van der Waals surface area contributed by atoms with Crippen LogP contribution in [0.1, 0.15) is 18.5 Å². The van der Waals surface area contributed by atoms with E-state index in [1.807, 2.05) is 30.3 Å². The molecule has 20 heavy (non-hydrogen) atoms. The number of aromatic nitrogens is 1. The SMILES string of the molecule is CN(Cc1coc(-c2ccccc2)n1)C(CN)C1CC1. The van der Waals surface area contributed by atoms with E-state index in [-0.39, 0.29) is 0 Å². The topological polar surface area (TPSA) is 55.3 Å². The number of rotatable bonds is 6. The number of hydrogen-bond donors (Lipinski definition) is 1.